The second kappa shape index (κ2) is 8.16. The first kappa shape index (κ1) is 16.8. The second-order valence-electron chi connectivity index (χ2n) is 5.11. The minimum absolute atomic E-state index is 0.107. The predicted molar refractivity (Wildman–Crippen MR) is 74.1 cm³/mol. The predicted octanol–water partition coefficient (Wildman–Crippen LogP) is 0.483. The molecule has 114 valence electrons. The minimum Gasteiger partial charge on any atom is -0.391 e. The van der Waals surface area contributed by atoms with Gasteiger partial charge in [0.2, 0.25) is 0 Å². The van der Waals surface area contributed by atoms with Crippen LogP contribution < -0.4 is 4.72 Å². The molecule has 0 aromatic rings. The van der Waals surface area contributed by atoms with Crippen LogP contribution in [0.25, 0.3) is 0 Å². The van der Waals surface area contributed by atoms with Crippen molar-refractivity contribution in [2.75, 3.05) is 27.3 Å². The van der Waals surface area contributed by atoms with Crippen LogP contribution in [0.2, 0.25) is 0 Å². The van der Waals surface area contributed by atoms with Gasteiger partial charge < -0.3 is 9.84 Å². The van der Waals surface area contributed by atoms with Gasteiger partial charge in [-0.25, -0.2) is 4.72 Å². The van der Waals surface area contributed by atoms with E-state index in [1.165, 1.54) is 17.8 Å². The van der Waals surface area contributed by atoms with Gasteiger partial charge in [0.1, 0.15) is 0 Å². The minimum atomic E-state index is -3.44. The Morgan fingerprint density at radius 1 is 1.37 bits per heavy atom. The number of ether oxygens (including phenoxy) is 1. The highest BCUT2D eigenvalue weighted by Crippen LogP contribution is 2.22. The van der Waals surface area contributed by atoms with Crippen LogP contribution in [0.3, 0.4) is 0 Å². The van der Waals surface area contributed by atoms with Gasteiger partial charge in [0.25, 0.3) is 10.2 Å². The van der Waals surface area contributed by atoms with Crippen LogP contribution >= 0.6 is 0 Å². The van der Waals surface area contributed by atoms with E-state index in [0.29, 0.717) is 6.42 Å². The van der Waals surface area contributed by atoms with Gasteiger partial charge in [0.05, 0.1) is 12.7 Å². The summed E-state index contributed by atoms with van der Waals surface area (Å²) in [5.41, 5.74) is 0. The van der Waals surface area contributed by atoms with Crippen LogP contribution in [-0.4, -0.2) is 57.3 Å². The summed E-state index contributed by atoms with van der Waals surface area (Å²) in [4.78, 5) is 0. The van der Waals surface area contributed by atoms with Crippen molar-refractivity contribution in [2.45, 2.75) is 50.7 Å². The van der Waals surface area contributed by atoms with E-state index in [4.69, 9.17) is 4.74 Å². The molecule has 2 N–H and O–H groups in total. The molecule has 0 radical (unpaired) electrons. The molecule has 1 fully saturated rings. The molecule has 0 spiro atoms. The zero-order valence-corrected chi connectivity index (χ0v) is 12.7. The largest absolute Gasteiger partial charge is 0.391 e. The molecule has 1 aliphatic rings. The smallest absolute Gasteiger partial charge is 0.279 e. The molecule has 0 amide bonds. The Labute approximate surface area is 116 Å². The molecule has 6 nitrogen and oxygen atoms in total. The van der Waals surface area contributed by atoms with Crippen LogP contribution in [0.1, 0.15) is 38.5 Å². The number of rotatable bonds is 8. The Kier molecular flexibility index (Phi) is 7.23. The van der Waals surface area contributed by atoms with E-state index >= 15 is 0 Å². The number of hydrogen-bond acceptors (Lipinski definition) is 4. The van der Waals surface area contributed by atoms with Crippen LogP contribution in [0.5, 0.6) is 0 Å². The van der Waals surface area contributed by atoms with Crippen LogP contribution in [0.15, 0.2) is 0 Å². The maximum atomic E-state index is 12.1. The Morgan fingerprint density at radius 3 is 2.58 bits per heavy atom. The fourth-order valence-corrected chi connectivity index (χ4v) is 3.56. The normalized spacial score (nSPS) is 19.8. The van der Waals surface area contributed by atoms with Gasteiger partial charge in [0.15, 0.2) is 0 Å². The number of aliphatic hydroxyl groups is 1. The quantitative estimate of drug-likeness (QED) is 0.682. The fourth-order valence-electron chi connectivity index (χ4n) is 2.37. The van der Waals surface area contributed by atoms with Crippen molar-refractivity contribution >= 4 is 10.2 Å². The summed E-state index contributed by atoms with van der Waals surface area (Å²) in [6, 6.07) is 0.107. The number of nitrogens with zero attached hydrogens (tertiary/aromatic N) is 1. The SMILES string of the molecule is COCC(O)CCNS(=O)(=O)N(C)C1CCCCC1. The zero-order chi connectivity index (χ0) is 14.3. The Hall–Kier alpha value is -0.210. The van der Waals surface area contributed by atoms with Crippen LogP contribution in [-0.2, 0) is 14.9 Å². The van der Waals surface area contributed by atoms with Crippen LogP contribution in [0, 0.1) is 0 Å². The molecule has 0 heterocycles. The third-order valence-corrected chi connectivity index (χ3v) is 5.21. The zero-order valence-electron chi connectivity index (χ0n) is 11.8. The summed E-state index contributed by atoms with van der Waals surface area (Å²) in [5.74, 6) is 0. The van der Waals surface area contributed by atoms with E-state index in [1.54, 1.807) is 7.05 Å². The monoisotopic (exact) mass is 294 g/mol. The molecular weight excluding hydrogens is 268 g/mol. The third kappa shape index (κ3) is 5.74. The van der Waals surface area contributed by atoms with Crippen molar-refractivity contribution in [2.24, 2.45) is 0 Å². The van der Waals surface area contributed by atoms with Gasteiger partial charge >= 0.3 is 0 Å². The highest BCUT2D eigenvalue weighted by molar-refractivity contribution is 7.87. The van der Waals surface area contributed by atoms with E-state index < -0.39 is 16.3 Å². The van der Waals surface area contributed by atoms with Gasteiger partial charge in [-0.1, -0.05) is 19.3 Å². The van der Waals surface area contributed by atoms with Gasteiger partial charge in [0, 0.05) is 26.7 Å². The first-order valence-corrected chi connectivity index (χ1v) is 8.31. The van der Waals surface area contributed by atoms with Crippen molar-refractivity contribution in [1.29, 1.82) is 0 Å². The molecule has 1 saturated carbocycles. The highest BCUT2D eigenvalue weighted by Gasteiger charge is 2.27. The molecule has 1 atom stereocenters. The van der Waals surface area contributed by atoms with E-state index in [1.807, 2.05) is 0 Å². The Bertz CT molecular complexity index is 342. The summed E-state index contributed by atoms with van der Waals surface area (Å²) in [5, 5.41) is 9.46. The average molecular weight is 294 g/mol. The van der Waals surface area contributed by atoms with Crippen LogP contribution in [0.4, 0.5) is 0 Å². The first-order chi connectivity index (χ1) is 8.97. The van der Waals surface area contributed by atoms with Crippen molar-refractivity contribution in [3.63, 3.8) is 0 Å². The molecule has 0 aromatic heterocycles. The molecule has 7 heteroatoms. The topological polar surface area (TPSA) is 78.9 Å². The lowest BCUT2D eigenvalue weighted by atomic mass is 9.96. The number of methoxy groups -OCH3 is 1. The van der Waals surface area contributed by atoms with Gasteiger partial charge in [-0.15, -0.1) is 0 Å². The van der Waals surface area contributed by atoms with Crippen molar-refractivity contribution in [3.8, 4) is 0 Å². The highest BCUT2D eigenvalue weighted by atomic mass is 32.2. The Morgan fingerprint density at radius 2 is 2.00 bits per heavy atom. The number of nitrogens with one attached hydrogen (secondary N) is 1. The summed E-state index contributed by atoms with van der Waals surface area (Å²) in [6.07, 6.45) is 4.97. The van der Waals surface area contributed by atoms with Gasteiger partial charge in [-0.3, -0.25) is 0 Å². The lowest BCUT2D eigenvalue weighted by Crippen LogP contribution is -2.45. The third-order valence-electron chi connectivity index (χ3n) is 3.59. The standard InChI is InChI=1S/C12H26N2O4S/c1-14(11-6-4-3-5-7-11)19(16,17)13-9-8-12(15)10-18-2/h11-13,15H,3-10H2,1-2H3. The van der Waals surface area contributed by atoms with Crippen molar-refractivity contribution < 1.29 is 18.3 Å². The number of hydrogen-bond donors (Lipinski definition) is 2. The molecule has 0 saturated heterocycles. The number of aliphatic hydroxyl groups excluding tert-OH is 1. The molecule has 1 aliphatic carbocycles. The lowest BCUT2D eigenvalue weighted by Gasteiger charge is -2.30. The molecule has 0 aliphatic heterocycles. The Balaban J connectivity index is 2.37. The molecule has 0 aromatic carbocycles. The first-order valence-electron chi connectivity index (χ1n) is 6.87. The van der Waals surface area contributed by atoms with E-state index in [-0.39, 0.29) is 19.2 Å². The summed E-state index contributed by atoms with van der Waals surface area (Å²) < 4.78 is 32.9. The lowest BCUT2D eigenvalue weighted by molar-refractivity contribution is 0.0602. The second-order valence-corrected chi connectivity index (χ2v) is 6.92. The molecule has 0 bridgehead atoms. The molecular formula is C12H26N2O4S. The molecule has 1 unspecified atom stereocenters. The van der Waals surface area contributed by atoms with Gasteiger partial charge in [-0.2, -0.15) is 12.7 Å². The maximum Gasteiger partial charge on any atom is 0.279 e. The van der Waals surface area contributed by atoms with Crippen molar-refractivity contribution in [1.82, 2.24) is 9.03 Å². The molecule has 19 heavy (non-hydrogen) atoms. The summed E-state index contributed by atoms with van der Waals surface area (Å²) >= 11 is 0. The van der Waals surface area contributed by atoms with E-state index in [0.717, 1.165) is 25.7 Å². The van der Waals surface area contributed by atoms with Crippen molar-refractivity contribution in [3.05, 3.63) is 0 Å². The fraction of sp³-hybridized carbons (Fsp3) is 1.00. The van der Waals surface area contributed by atoms with Gasteiger partial charge in [-0.05, 0) is 19.3 Å². The molecule has 1 rings (SSSR count). The van der Waals surface area contributed by atoms with E-state index in [2.05, 4.69) is 4.72 Å². The maximum absolute atomic E-state index is 12.1. The summed E-state index contributed by atoms with van der Waals surface area (Å²) in [7, 11) is -0.306. The van der Waals surface area contributed by atoms with E-state index in [9.17, 15) is 13.5 Å². The average Bonchev–Trinajstić information content (AvgIpc) is 2.39. The summed E-state index contributed by atoms with van der Waals surface area (Å²) in [6.45, 7) is 0.449.